The van der Waals surface area contributed by atoms with Crippen molar-refractivity contribution in [1.82, 2.24) is 0 Å². The van der Waals surface area contributed by atoms with Gasteiger partial charge in [0.05, 0.1) is 5.97 Å². The fraction of sp³-hybridized carbons (Fsp3) is 0.667. The minimum Gasteiger partial charge on any atom is -0.550 e. The molecule has 0 aliphatic rings. The molecular formula is C30H52O4Sn. The van der Waals surface area contributed by atoms with E-state index in [9.17, 15) is 19.8 Å². The second-order valence-electron chi connectivity index (χ2n) is 8.40. The van der Waals surface area contributed by atoms with E-state index in [0.29, 0.717) is 0 Å². The molecule has 0 unspecified atom stereocenters. The number of aryl methyl sites for hydroxylation is 1. The second kappa shape index (κ2) is 35.1. The molecule has 0 saturated carbocycles. The molecule has 1 rings (SSSR count). The Kier molecular flexibility index (Phi) is 41.2. The minimum atomic E-state index is -1.10. The average molecular weight is 595 g/mol. The van der Waals surface area contributed by atoms with Gasteiger partial charge in [0.2, 0.25) is 0 Å². The van der Waals surface area contributed by atoms with Gasteiger partial charge in [0.15, 0.2) is 0 Å². The summed E-state index contributed by atoms with van der Waals surface area (Å²) in [6, 6.07) is 6.95. The van der Waals surface area contributed by atoms with Gasteiger partial charge >= 0.3 is 23.9 Å². The number of hydrogen-bond acceptors (Lipinski definition) is 4. The van der Waals surface area contributed by atoms with Crippen molar-refractivity contribution < 1.29 is 19.8 Å². The first kappa shape index (κ1) is 41.1. The normalized spacial score (nSPS) is 9.20. The third-order valence-electron chi connectivity index (χ3n) is 4.92. The average Bonchev–Trinajstić information content (AvgIpc) is 2.85. The Labute approximate surface area is 234 Å². The van der Waals surface area contributed by atoms with E-state index in [0.717, 1.165) is 50.5 Å². The fourth-order valence-corrected chi connectivity index (χ4v) is 2.64. The van der Waals surface area contributed by atoms with E-state index in [1.165, 1.54) is 51.4 Å². The van der Waals surface area contributed by atoms with Crippen molar-refractivity contribution in [3.8, 4) is 0 Å². The summed E-state index contributed by atoms with van der Waals surface area (Å²) in [6.45, 7) is 15.8. The topological polar surface area (TPSA) is 80.3 Å². The summed E-state index contributed by atoms with van der Waals surface area (Å²) >= 11 is 0. The van der Waals surface area contributed by atoms with Crippen molar-refractivity contribution in [3.05, 3.63) is 49.2 Å². The van der Waals surface area contributed by atoms with Gasteiger partial charge in [-0.1, -0.05) is 137 Å². The van der Waals surface area contributed by atoms with Crippen molar-refractivity contribution in [2.24, 2.45) is 0 Å². The zero-order valence-electron chi connectivity index (χ0n) is 23.2. The van der Waals surface area contributed by atoms with Crippen LogP contribution in [-0.4, -0.2) is 35.8 Å². The predicted molar refractivity (Wildman–Crippen MR) is 148 cm³/mol. The van der Waals surface area contributed by atoms with Gasteiger partial charge in [0.1, 0.15) is 0 Å². The summed E-state index contributed by atoms with van der Waals surface area (Å²) < 4.78 is 0. The molecule has 0 fully saturated rings. The number of carboxylic acids is 2. The van der Waals surface area contributed by atoms with Crippen LogP contribution < -0.4 is 10.2 Å². The summed E-state index contributed by atoms with van der Waals surface area (Å²) in [6.07, 6.45) is 17.5. The van der Waals surface area contributed by atoms with Crippen molar-refractivity contribution in [3.63, 3.8) is 0 Å². The van der Waals surface area contributed by atoms with Gasteiger partial charge in [-0.2, -0.15) is 0 Å². The van der Waals surface area contributed by atoms with E-state index >= 15 is 0 Å². The summed E-state index contributed by atoms with van der Waals surface area (Å²) in [7, 11) is 0. The monoisotopic (exact) mass is 596 g/mol. The molecule has 200 valence electrons. The number of carbonyl (C=O) groups excluding carboxylic acids is 2. The van der Waals surface area contributed by atoms with Crippen LogP contribution in [0.5, 0.6) is 0 Å². The van der Waals surface area contributed by atoms with E-state index in [1.54, 1.807) is 18.2 Å². The zero-order valence-corrected chi connectivity index (χ0v) is 26.0. The molecule has 0 aliphatic heterocycles. The molecule has 0 amide bonds. The van der Waals surface area contributed by atoms with Crippen LogP contribution in [0.2, 0.25) is 0 Å². The van der Waals surface area contributed by atoms with E-state index in [4.69, 9.17) is 0 Å². The molecule has 4 nitrogen and oxygen atoms in total. The molecule has 5 heteroatoms. The Morgan fingerprint density at radius 1 is 0.714 bits per heavy atom. The van der Waals surface area contributed by atoms with Gasteiger partial charge in [-0.25, -0.2) is 0 Å². The van der Waals surface area contributed by atoms with Crippen molar-refractivity contribution in [2.75, 3.05) is 0 Å². The predicted octanol–water partition coefficient (Wildman–Crippen LogP) is 6.52. The number of carboxylic acid groups (broad SMARTS) is 2. The quantitative estimate of drug-likeness (QED) is 0.171. The molecule has 0 saturated heterocycles. The first-order chi connectivity index (χ1) is 16.3. The number of rotatable bonds is 15. The maximum Gasteiger partial charge on any atom is 2.00 e. The van der Waals surface area contributed by atoms with Crippen molar-refractivity contribution in [1.29, 1.82) is 0 Å². The standard InChI is InChI=1S/C11H14O2.C11H22O2.2C4H9.Sn/c1-2-3-5-9-6-4-7-10(8-9)11(12)13;1-2-3-4-5-6-7-8-9-10-11(12)13;2*1-3-4-2;/h4,6-8H,2-3,5H2,1H3,(H,12,13);2-10H2,1H3,(H,12,13);2*1,3-4H2,2H3;/q;;;;+2/p-2. The Bertz CT molecular complexity index is 553. The summed E-state index contributed by atoms with van der Waals surface area (Å²) in [5, 5.41) is 20.6. The maximum atomic E-state index is 10.5. The first-order valence-corrected chi connectivity index (χ1v) is 13.4. The van der Waals surface area contributed by atoms with Crippen LogP contribution in [0.25, 0.3) is 0 Å². The molecule has 1 aromatic carbocycles. The summed E-state index contributed by atoms with van der Waals surface area (Å²) in [4.78, 5) is 20.6. The zero-order chi connectivity index (χ0) is 26.5. The third kappa shape index (κ3) is 37.7. The molecule has 35 heavy (non-hydrogen) atoms. The van der Waals surface area contributed by atoms with E-state index in [-0.39, 0.29) is 35.9 Å². The van der Waals surface area contributed by atoms with E-state index < -0.39 is 11.9 Å². The number of unbranched alkanes of at least 4 members (excludes halogenated alkanes) is 10. The van der Waals surface area contributed by atoms with Crippen LogP contribution in [0.4, 0.5) is 0 Å². The van der Waals surface area contributed by atoms with E-state index in [1.807, 2.05) is 6.07 Å². The molecule has 0 spiro atoms. The molecule has 1 aromatic rings. The Morgan fingerprint density at radius 2 is 1.17 bits per heavy atom. The van der Waals surface area contributed by atoms with Crippen molar-refractivity contribution in [2.45, 2.75) is 130 Å². The minimum absolute atomic E-state index is 0. The first-order valence-electron chi connectivity index (χ1n) is 13.4. The van der Waals surface area contributed by atoms with E-state index in [2.05, 4.69) is 41.5 Å². The number of aliphatic carboxylic acids is 1. The molecule has 0 bridgehead atoms. The Hall–Kier alpha value is -1.04. The second-order valence-corrected chi connectivity index (χ2v) is 8.40. The molecule has 0 heterocycles. The number of aromatic carboxylic acids is 1. The largest absolute Gasteiger partial charge is 2.00 e. The van der Waals surface area contributed by atoms with Gasteiger partial charge < -0.3 is 19.8 Å². The molecular weight excluding hydrogens is 543 g/mol. The number of hydrogen-bond donors (Lipinski definition) is 0. The summed E-state index contributed by atoms with van der Waals surface area (Å²) in [5.41, 5.74) is 1.34. The molecule has 0 aromatic heterocycles. The number of carbonyl (C=O) groups is 2. The van der Waals surface area contributed by atoms with Crippen LogP contribution in [0.1, 0.15) is 140 Å². The van der Waals surface area contributed by atoms with Crippen LogP contribution in [0, 0.1) is 13.8 Å². The smallest absolute Gasteiger partial charge is 0.550 e. The van der Waals surface area contributed by atoms with Gasteiger partial charge in [-0.15, -0.1) is 0 Å². The van der Waals surface area contributed by atoms with Crippen LogP contribution in [0.3, 0.4) is 0 Å². The Balaban J connectivity index is -0.000000206. The number of benzene rings is 1. The SMILES string of the molecule is CCCCCCCCCCC(=O)[O-].CCCCc1cccc(C(=O)[O-])c1.[CH2]CCC.[CH2]CCC.[Sn+2]. The van der Waals surface area contributed by atoms with Gasteiger partial charge in [-0.3, -0.25) is 0 Å². The van der Waals surface area contributed by atoms with Gasteiger partial charge in [0, 0.05) is 5.97 Å². The molecule has 0 aliphatic carbocycles. The molecule has 0 N–H and O–H groups in total. The fourth-order valence-electron chi connectivity index (χ4n) is 2.64. The van der Waals surface area contributed by atoms with Crippen LogP contribution >= 0.6 is 0 Å². The van der Waals surface area contributed by atoms with Crippen molar-refractivity contribution >= 4 is 35.8 Å². The van der Waals surface area contributed by atoms with Crippen LogP contribution in [0.15, 0.2) is 24.3 Å². The van der Waals surface area contributed by atoms with Crippen LogP contribution in [-0.2, 0) is 11.2 Å². The molecule has 0 atom stereocenters. The third-order valence-corrected chi connectivity index (χ3v) is 4.92. The maximum absolute atomic E-state index is 10.5. The van der Waals surface area contributed by atoms with Gasteiger partial charge in [-0.05, 0) is 42.9 Å². The van der Waals surface area contributed by atoms with Gasteiger partial charge in [0.25, 0.3) is 0 Å². The Morgan fingerprint density at radius 3 is 1.57 bits per heavy atom. The summed E-state index contributed by atoms with van der Waals surface area (Å²) in [5.74, 6) is -2.01. The molecule has 4 radical (unpaired) electrons.